The van der Waals surface area contributed by atoms with Crippen molar-refractivity contribution in [2.24, 2.45) is 0 Å². The smallest absolute Gasteiger partial charge is 0.293 e. The zero-order valence-corrected chi connectivity index (χ0v) is 12.9. The normalized spacial score (nSPS) is 11.6. The Bertz CT molecular complexity index is 431. The molecule has 7 heteroatoms. The largest absolute Gasteiger partial charge is 0.417 e. The number of Topliss-reactive ketones (excluding diaryl/α,β-unsaturated/α-hetero) is 1. The van der Waals surface area contributed by atoms with Crippen molar-refractivity contribution in [2.45, 2.75) is 6.18 Å². The summed E-state index contributed by atoms with van der Waals surface area (Å²) in [6.45, 7) is 0. The molecule has 0 saturated heterocycles. The summed E-state index contributed by atoms with van der Waals surface area (Å²) in [5.41, 5.74) is -0.761. The van der Waals surface area contributed by atoms with Gasteiger partial charge >= 0.3 is 6.18 Å². The van der Waals surface area contributed by atoms with Gasteiger partial charge in [-0.2, -0.15) is 13.2 Å². The first-order valence-electron chi connectivity index (χ1n) is 3.92. The van der Waals surface area contributed by atoms with Crippen molar-refractivity contribution in [3.8, 4) is 0 Å². The number of hydrogen-bond acceptors (Lipinski definition) is 1. The fourth-order valence-electron chi connectivity index (χ4n) is 1.03. The van der Waals surface area contributed by atoms with Crippen LogP contribution >= 0.6 is 54.5 Å². The van der Waals surface area contributed by atoms with E-state index in [-0.39, 0.29) is 24.7 Å². The average molecular weight is 472 g/mol. The van der Waals surface area contributed by atoms with Gasteiger partial charge in [0.05, 0.1) is 10.9 Å². The van der Waals surface area contributed by atoms with Gasteiger partial charge in [0.2, 0.25) is 0 Å². The molecule has 0 aliphatic heterocycles. The molecule has 0 saturated carbocycles. The van der Waals surface area contributed by atoms with Crippen molar-refractivity contribution in [2.75, 3.05) is 5.33 Å². The van der Waals surface area contributed by atoms with Crippen LogP contribution in [-0.4, -0.2) is 11.1 Å². The fraction of sp³-hybridized carbons (Fsp3) is 0.222. The van der Waals surface area contributed by atoms with E-state index >= 15 is 0 Å². The quantitative estimate of drug-likeness (QED) is 0.349. The predicted molar refractivity (Wildman–Crippen MR) is 70.0 cm³/mol. The molecular weight excluding hydrogens is 468 g/mol. The second kappa shape index (κ2) is 5.34. The number of carbonyl (C=O) groups is 1. The highest BCUT2D eigenvalue weighted by Crippen LogP contribution is 2.37. The summed E-state index contributed by atoms with van der Waals surface area (Å²) in [6.07, 6.45) is -4.46. The zero-order valence-electron chi connectivity index (χ0n) is 7.54. The molecule has 0 radical (unpaired) electrons. The molecular formula is C9H4Br2F3IO. The van der Waals surface area contributed by atoms with Gasteiger partial charge in [-0.25, -0.2) is 0 Å². The summed E-state index contributed by atoms with van der Waals surface area (Å²) in [7, 11) is 0. The predicted octanol–water partition coefficient (Wildman–Crippen LogP) is 4.65. The van der Waals surface area contributed by atoms with E-state index < -0.39 is 11.7 Å². The molecule has 16 heavy (non-hydrogen) atoms. The van der Waals surface area contributed by atoms with Crippen LogP contribution in [0.15, 0.2) is 16.6 Å². The van der Waals surface area contributed by atoms with E-state index in [1.165, 1.54) is 6.07 Å². The molecule has 0 fully saturated rings. The zero-order chi connectivity index (χ0) is 12.5. The monoisotopic (exact) mass is 470 g/mol. The Morgan fingerprint density at radius 3 is 2.38 bits per heavy atom. The standard InChI is InChI=1S/C9H4Br2F3IO/c10-3-7(16)4-1-5(9(12,13)14)8(15)6(11)2-4/h1-2H,3H2. The second-order valence-corrected chi connectivity index (χ2v) is 5.37. The van der Waals surface area contributed by atoms with Crippen LogP contribution in [0.1, 0.15) is 15.9 Å². The van der Waals surface area contributed by atoms with Gasteiger partial charge in [0.15, 0.2) is 5.78 Å². The molecule has 1 aromatic rings. The van der Waals surface area contributed by atoms with Gasteiger partial charge in [-0.1, -0.05) is 15.9 Å². The van der Waals surface area contributed by atoms with Gasteiger partial charge < -0.3 is 0 Å². The third kappa shape index (κ3) is 3.19. The highest BCUT2D eigenvalue weighted by molar-refractivity contribution is 14.1. The molecule has 0 aliphatic carbocycles. The van der Waals surface area contributed by atoms with Crippen molar-refractivity contribution < 1.29 is 18.0 Å². The minimum atomic E-state index is -4.46. The Morgan fingerprint density at radius 2 is 1.94 bits per heavy atom. The van der Waals surface area contributed by atoms with Crippen LogP contribution in [0.3, 0.4) is 0 Å². The first-order chi connectivity index (χ1) is 7.27. The molecule has 88 valence electrons. The Kier molecular flexibility index (Phi) is 4.82. The summed E-state index contributed by atoms with van der Waals surface area (Å²) in [5.74, 6) is -0.386. The maximum Gasteiger partial charge on any atom is 0.417 e. The average Bonchev–Trinajstić information content (AvgIpc) is 2.18. The SMILES string of the molecule is O=C(CBr)c1cc(Br)c(I)c(C(F)(F)F)c1. The lowest BCUT2D eigenvalue weighted by Gasteiger charge is -2.12. The van der Waals surface area contributed by atoms with E-state index in [0.717, 1.165) is 6.07 Å². The van der Waals surface area contributed by atoms with Crippen molar-refractivity contribution in [3.05, 3.63) is 31.3 Å². The topological polar surface area (TPSA) is 17.1 Å². The van der Waals surface area contributed by atoms with Crippen LogP contribution in [0.25, 0.3) is 0 Å². The van der Waals surface area contributed by atoms with Crippen LogP contribution in [-0.2, 0) is 6.18 Å². The lowest BCUT2D eigenvalue weighted by atomic mass is 10.1. The van der Waals surface area contributed by atoms with Crippen LogP contribution in [0, 0.1) is 3.57 Å². The van der Waals surface area contributed by atoms with Crippen LogP contribution in [0.2, 0.25) is 0 Å². The van der Waals surface area contributed by atoms with Gasteiger partial charge in [-0.05, 0) is 50.7 Å². The Balaban J connectivity index is 3.39. The number of ketones is 1. The summed E-state index contributed by atoms with van der Waals surface area (Å²) in [4.78, 5) is 11.3. The number of benzene rings is 1. The van der Waals surface area contributed by atoms with Crippen molar-refractivity contribution in [1.29, 1.82) is 0 Å². The summed E-state index contributed by atoms with van der Waals surface area (Å²) in [6, 6.07) is 2.26. The molecule has 1 nitrogen and oxygen atoms in total. The van der Waals surface area contributed by atoms with Crippen molar-refractivity contribution >= 4 is 60.2 Å². The lowest BCUT2D eigenvalue weighted by Crippen LogP contribution is -2.11. The van der Waals surface area contributed by atoms with Crippen molar-refractivity contribution in [1.82, 2.24) is 0 Å². The summed E-state index contributed by atoms with van der Waals surface area (Å²) >= 11 is 7.53. The van der Waals surface area contributed by atoms with Gasteiger partial charge in [0.25, 0.3) is 0 Å². The molecule has 1 rings (SSSR count). The molecule has 0 amide bonds. The number of carbonyl (C=O) groups excluding carboxylic acids is 1. The van der Waals surface area contributed by atoms with Crippen LogP contribution in [0.4, 0.5) is 13.2 Å². The number of rotatable bonds is 2. The van der Waals surface area contributed by atoms with Gasteiger partial charge in [0, 0.05) is 13.6 Å². The highest BCUT2D eigenvalue weighted by Gasteiger charge is 2.34. The second-order valence-electron chi connectivity index (χ2n) is 2.87. The maximum atomic E-state index is 12.6. The van der Waals surface area contributed by atoms with Crippen molar-refractivity contribution in [3.63, 3.8) is 0 Å². The van der Waals surface area contributed by atoms with E-state index in [0.29, 0.717) is 0 Å². The fourth-order valence-corrected chi connectivity index (χ4v) is 2.43. The molecule has 0 aromatic heterocycles. The van der Waals surface area contributed by atoms with Crippen LogP contribution < -0.4 is 0 Å². The molecule has 0 bridgehead atoms. The van der Waals surface area contributed by atoms with E-state index in [4.69, 9.17) is 0 Å². The number of halogens is 6. The molecule has 0 N–H and O–H groups in total. The molecule has 0 spiro atoms. The molecule has 0 unspecified atom stereocenters. The number of alkyl halides is 4. The Morgan fingerprint density at radius 1 is 1.38 bits per heavy atom. The van der Waals surface area contributed by atoms with E-state index in [1.54, 1.807) is 22.6 Å². The highest BCUT2D eigenvalue weighted by atomic mass is 127. The third-order valence-corrected chi connectivity index (χ3v) is 4.82. The minimum absolute atomic E-state index is 0.00265. The van der Waals surface area contributed by atoms with E-state index in [2.05, 4.69) is 31.9 Å². The summed E-state index contributed by atoms with van der Waals surface area (Å²) < 4.78 is 38.2. The lowest BCUT2D eigenvalue weighted by molar-refractivity contribution is -0.138. The minimum Gasteiger partial charge on any atom is -0.293 e. The van der Waals surface area contributed by atoms with Gasteiger partial charge in [0.1, 0.15) is 0 Å². The Hall–Kier alpha value is 0.370. The molecule has 0 aliphatic rings. The number of hydrogen-bond donors (Lipinski definition) is 0. The molecule has 0 atom stereocenters. The molecule has 0 heterocycles. The molecule has 1 aromatic carbocycles. The maximum absolute atomic E-state index is 12.6. The first kappa shape index (κ1) is 14.4. The first-order valence-corrected chi connectivity index (χ1v) is 6.92. The van der Waals surface area contributed by atoms with Gasteiger partial charge in [-0.3, -0.25) is 4.79 Å². The summed E-state index contributed by atoms with van der Waals surface area (Å²) in [5, 5.41) is -0.00265. The third-order valence-electron chi connectivity index (χ3n) is 1.78. The van der Waals surface area contributed by atoms with E-state index in [9.17, 15) is 18.0 Å². The van der Waals surface area contributed by atoms with Gasteiger partial charge in [-0.15, -0.1) is 0 Å². The Labute approximate surface area is 120 Å². The van der Waals surface area contributed by atoms with Crippen LogP contribution in [0.5, 0.6) is 0 Å². The van der Waals surface area contributed by atoms with E-state index in [1.807, 2.05) is 0 Å².